The van der Waals surface area contributed by atoms with Crippen molar-refractivity contribution in [3.05, 3.63) is 53.6 Å². The van der Waals surface area contributed by atoms with Gasteiger partial charge in [-0.2, -0.15) is 0 Å². The third-order valence-corrected chi connectivity index (χ3v) is 5.88. The molecule has 2 aromatic carbocycles. The largest absolute Gasteiger partial charge is 0.484 e. The van der Waals surface area contributed by atoms with Gasteiger partial charge in [0.1, 0.15) is 5.75 Å². The second kappa shape index (κ2) is 11.5. The molecule has 9 nitrogen and oxygen atoms in total. The molecule has 0 fully saturated rings. The fourth-order valence-electron chi connectivity index (χ4n) is 2.32. The van der Waals surface area contributed by atoms with Gasteiger partial charge in [-0.05, 0) is 48.5 Å². The SMILES string of the molecule is CC(=O)Nc1ccc(NC(=O)CSc2nnc(NC(=O)COc3ccc(Cl)cc3)s2)cc1. The smallest absolute Gasteiger partial charge is 0.264 e. The summed E-state index contributed by atoms with van der Waals surface area (Å²) in [4.78, 5) is 35.2. The van der Waals surface area contributed by atoms with E-state index in [1.54, 1.807) is 48.5 Å². The Morgan fingerprint density at radius 2 is 1.59 bits per heavy atom. The van der Waals surface area contributed by atoms with Crippen LogP contribution in [0.5, 0.6) is 5.75 Å². The second-order valence-electron chi connectivity index (χ2n) is 6.26. The quantitative estimate of drug-likeness (QED) is 0.306. The molecule has 3 rings (SSSR count). The van der Waals surface area contributed by atoms with E-state index in [4.69, 9.17) is 16.3 Å². The average molecular weight is 492 g/mol. The number of amides is 3. The maximum atomic E-state index is 12.1. The Morgan fingerprint density at radius 1 is 0.938 bits per heavy atom. The molecule has 3 N–H and O–H groups in total. The van der Waals surface area contributed by atoms with E-state index in [9.17, 15) is 14.4 Å². The molecule has 12 heteroatoms. The summed E-state index contributed by atoms with van der Waals surface area (Å²) < 4.78 is 5.91. The van der Waals surface area contributed by atoms with Gasteiger partial charge >= 0.3 is 0 Å². The number of hydrogen-bond donors (Lipinski definition) is 3. The van der Waals surface area contributed by atoms with E-state index < -0.39 is 0 Å². The standard InChI is InChI=1S/C20H18ClN5O4S2/c1-12(27)22-14-4-6-15(7-5-14)23-18(29)11-31-20-26-25-19(32-20)24-17(28)10-30-16-8-2-13(21)3-9-16/h2-9H,10-11H2,1H3,(H,22,27)(H,23,29)(H,24,25,28). The summed E-state index contributed by atoms with van der Waals surface area (Å²) in [5, 5.41) is 16.8. The van der Waals surface area contributed by atoms with Gasteiger partial charge in [0.25, 0.3) is 5.91 Å². The fraction of sp³-hybridized carbons (Fsp3) is 0.150. The molecule has 0 unspecified atom stereocenters. The Labute approximate surface area is 196 Å². The van der Waals surface area contributed by atoms with Crippen molar-refractivity contribution in [3.8, 4) is 5.75 Å². The molecule has 3 aromatic rings. The summed E-state index contributed by atoms with van der Waals surface area (Å²) in [7, 11) is 0. The van der Waals surface area contributed by atoms with Gasteiger partial charge in [0.05, 0.1) is 5.75 Å². The van der Waals surface area contributed by atoms with Crippen LogP contribution < -0.4 is 20.7 Å². The molecule has 3 amide bonds. The minimum atomic E-state index is -0.381. The summed E-state index contributed by atoms with van der Waals surface area (Å²) >= 11 is 8.16. The molecule has 0 atom stereocenters. The zero-order chi connectivity index (χ0) is 22.9. The van der Waals surface area contributed by atoms with Crippen LogP contribution in [-0.2, 0) is 14.4 Å². The molecule has 0 radical (unpaired) electrons. The monoisotopic (exact) mass is 491 g/mol. The number of hydrogen-bond acceptors (Lipinski definition) is 8. The number of ether oxygens (including phenoxy) is 1. The van der Waals surface area contributed by atoms with Crippen LogP contribution >= 0.6 is 34.7 Å². The molecule has 0 aliphatic rings. The van der Waals surface area contributed by atoms with E-state index in [1.807, 2.05) is 0 Å². The Bertz CT molecular complexity index is 1090. The van der Waals surface area contributed by atoms with Crippen LogP contribution in [0.1, 0.15) is 6.92 Å². The highest BCUT2D eigenvalue weighted by atomic mass is 35.5. The lowest BCUT2D eigenvalue weighted by molar-refractivity contribution is -0.118. The van der Waals surface area contributed by atoms with Crippen molar-refractivity contribution in [1.82, 2.24) is 10.2 Å². The topological polar surface area (TPSA) is 122 Å². The van der Waals surface area contributed by atoms with Crippen LogP contribution in [0.15, 0.2) is 52.9 Å². The molecule has 32 heavy (non-hydrogen) atoms. The highest BCUT2D eigenvalue weighted by molar-refractivity contribution is 8.01. The molecule has 1 aromatic heterocycles. The van der Waals surface area contributed by atoms with Crippen molar-refractivity contribution in [1.29, 1.82) is 0 Å². The highest BCUT2D eigenvalue weighted by Crippen LogP contribution is 2.25. The Kier molecular flexibility index (Phi) is 8.42. The first-order chi connectivity index (χ1) is 15.4. The maximum absolute atomic E-state index is 12.1. The van der Waals surface area contributed by atoms with E-state index in [-0.39, 0.29) is 30.1 Å². The highest BCUT2D eigenvalue weighted by Gasteiger charge is 2.11. The molecule has 0 saturated heterocycles. The first kappa shape index (κ1) is 23.5. The molecule has 0 aliphatic carbocycles. The van der Waals surface area contributed by atoms with Gasteiger partial charge < -0.3 is 15.4 Å². The van der Waals surface area contributed by atoms with Gasteiger partial charge in [-0.1, -0.05) is 34.7 Å². The van der Waals surface area contributed by atoms with E-state index in [1.165, 1.54) is 18.7 Å². The van der Waals surface area contributed by atoms with Crippen molar-refractivity contribution in [2.45, 2.75) is 11.3 Å². The number of thioether (sulfide) groups is 1. The Morgan fingerprint density at radius 3 is 2.25 bits per heavy atom. The number of rotatable bonds is 9. The van der Waals surface area contributed by atoms with Gasteiger partial charge in [-0.15, -0.1) is 10.2 Å². The minimum absolute atomic E-state index is 0.121. The van der Waals surface area contributed by atoms with Gasteiger partial charge in [-0.3, -0.25) is 19.7 Å². The normalized spacial score (nSPS) is 10.3. The number of carbonyl (C=O) groups is 3. The molecular weight excluding hydrogens is 474 g/mol. The van der Waals surface area contributed by atoms with Crippen molar-refractivity contribution >= 4 is 68.9 Å². The second-order valence-corrected chi connectivity index (χ2v) is 8.90. The molecule has 0 spiro atoms. The van der Waals surface area contributed by atoms with Gasteiger partial charge in [0.15, 0.2) is 10.9 Å². The summed E-state index contributed by atoms with van der Waals surface area (Å²) in [5.74, 6) is -0.128. The fourth-order valence-corrected chi connectivity index (χ4v) is 4.01. The molecular formula is C20H18ClN5O4S2. The van der Waals surface area contributed by atoms with Crippen LogP contribution in [0.4, 0.5) is 16.5 Å². The average Bonchev–Trinajstić information content (AvgIpc) is 3.20. The van der Waals surface area contributed by atoms with E-state index in [0.29, 0.717) is 31.6 Å². The summed E-state index contributed by atoms with van der Waals surface area (Å²) in [6.45, 7) is 1.24. The van der Waals surface area contributed by atoms with Crippen molar-refractivity contribution in [2.75, 3.05) is 28.3 Å². The number of nitrogens with zero attached hydrogens (tertiary/aromatic N) is 2. The van der Waals surface area contributed by atoms with Gasteiger partial charge in [-0.25, -0.2) is 0 Å². The van der Waals surface area contributed by atoms with Crippen molar-refractivity contribution < 1.29 is 19.1 Å². The molecule has 0 aliphatic heterocycles. The lowest BCUT2D eigenvalue weighted by atomic mass is 10.3. The lowest BCUT2D eigenvalue weighted by Gasteiger charge is -2.06. The van der Waals surface area contributed by atoms with Gasteiger partial charge in [0, 0.05) is 23.3 Å². The number of benzene rings is 2. The molecule has 1 heterocycles. The van der Waals surface area contributed by atoms with E-state index >= 15 is 0 Å². The van der Waals surface area contributed by atoms with Gasteiger partial charge in [0.2, 0.25) is 16.9 Å². The molecule has 0 saturated carbocycles. The van der Waals surface area contributed by atoms with Crippen LogP contribution in [0.3, 0.4) is 0 Å². The lowest BCUT2D eigenvalue weighted by Crippen LogP contribution is -2.20. The Hall–Kier alpha value is -3.15. The number of anilines is 3. The van der Waals surface area contributed by atoms with Crippen molar-refractivity contribution in [3.63, 3.8) is 0 Å². The number of halogens is 1. The summed E-state index contributed by atoms with van der Waals surface area (Å²) in [6, 6.07) is 13.4. The van der Waals surface area contributed by atoms with Crippen LogP contribution in [0.2, 0.25) is 5.02 Å². The van der Waals surface area contributed by atoms with E-state index in [2.05, 4.69) is 26.1 Å². The summed E-state index contributed by atoms with van der Waals surface area (Å²) in [6.07, 6.45) is 0. The third-order valence-electron chi connectivity index (χ3n) is 3.65. The summed E-state index contributed by atoms with van der Waals surface area (Å²) in [5.41, 5.74) is 1.25. The maximum Gasteiger partial charge on any atom is 0.264 e. The zero-order valence-corrected chi connectivity index (χ0v) is 19.1. The third kappa shape index (κ3) is 7.84. The van der Waals surface area contributed by atoms with Crippen LogP contribution in [-0.4, -0.2) is 40.3 Å². The first-order valence-corrected chi connectivity index (χ1v) is 11.4. The van der Waals surface area contributed by atoms with Crippen LogP contribution in [0, 0.1) is 0 Å². The number of aromatic nitrogens is 2. The zero-order valence-electron chi connectivity index (χ0n) is 16.8. The first-order valence-electron chi connectivity index (χ1n) is 9.19. The number of carbonyl (C=O) groups excluding carboxylic acids is 3. The molecule has 166 valence electrons. The number of nitrogens with one attached hydrogen (secondary N) is 3. The minimum Gasteiger partial charge on any atom is -0.484 e. The van der Waals surface area contributed by atoms with Crippen molar-refractivity contribution in [2.24, 2.45) is 0 Å². The predicted molar refractivity (Wildman–Crippen MR) is 126 cm³/mol. The van der Waals surface area contributed by atoms with E-state index in [0.717, 1.165) is 11.3 Å². The molecule has 0 bridgehead atoms. The van der Waals surface area contributed by atoms with Crippen LogP contribution in [0.25, 0.3) is 0 Å². The predicted octanol–water partition coefficient (Wildman–Crippen LogP) is 3.90. The Balaban J connectivity index is 1.40.